The molecule has 0 aliphatic carbocycles. The van der Waals surface area contributed by atoms with Crippen LogP contribution in [0.3, 0.4) is 0 Å². The highest BCUT2D eigenvalue weighted by atomic mass is 127. The Balaban J connectivity index is 3.20. The fourth-order valence-corrected chi connectivity index (χ4v) is 2.59. The molecule has 13 heavy (non-hydrogen) atoms. The molecule has 0 heterocycles. The highest BCUT2D eigenvalue weighted by molar-refractivity contribution is 14.1. The lowest BCUT2D eigenvalue weighted by molar-refractivity contribution is -0.116. The van der Waals surface area contributed by atoms with Crippen LogP contribution in [0.4, 0.5) is 0 Å². The van der Waals surface area contributed by atoms with Crippen LogP contribution in [-0.4, -0.2) is 5.78 Å². The first-order chi connectivity index (χ1) is 6.04. The average molecular weight is 309 g/mol. The predicted molar refractivity (Wildman–Crippen MR) is 63.2 cm³/mol. The minimum atomic E-state index is -0.506. The smallest absolute Gasteiger partial charge is 0.152 e. The third-order valence-corrected chi connectivity index (χ3v) is 3.35. The Morgan fingerprint density at radius 3 is 2.62 bits per heavy atom. The molecule has 0 aliphatic heterocycles. The van der Waals surface area contributed by atoms with E-state index in [0.29, 0.717) is 0 Å². The Labute approximate surface area is 96.6 Å². The van der Waals surface area contributed by atoms with Crippen LogP contribution < -0.4 is 0 Å². The maximum atomic E-state index is 11.1. The van der Waals surface area contributed by atoms with Crippen molar-refractivity contribution in [1.82, 2.24) is 0 Å². The normalized spacial score (nSPS) is 12.6. The van der Waals surface area contributed by atoms with Crippen LogP contribution >= 0.6 is 34.2 Å². The zero-order chi connectivity index (χ0) is 10.0. The molecule has 0 saturated heterocycles. The van der Waals surface area contributed by atoms with Gasteiger partial charge in [0.1, 0.15) is 5.38 Å². The number of carbonyl (C=O) groups is 1. The first-order valence-corrected chi connectivity index (χ1v) is 5.45. The molecule has 0 radical (unpaired) electrons. The number of halogens is 2. The SMILES string of the molecule is CC(=O)C(Cl)c1c(C)cccc1I. The molecule has 0 aliphatic rings. The first-order valence-electron chi connectivity index (χ1n) is 3.93. The van der Waals surface area contributed by atoms with Crippen molar-refractivity contribution < 1.29 is 4.79 Å². The summed E-state index contributed by atoms with van der Waals surface area (Å²) >= 11 is 8.20. The van der Waals surface area contributed by atoms with Crippen LogP contribution in [0.25, 0.3) is 0 Å². The zero-order valence-electron chi connectivity index (χ0n) is 7.47. The van der Waals surface area contributed by atoms with Crippen molar-refractivity contribution in [3.63, 3.8) is 0 Å². The Morgan fingerprint density at radius 2 is 2.15 bits per heavy atom. The van der Waals surface area contributed by atoms with Gasteiger partial charge in [-0.05, 0) is 53.6 Å². The largest absolute Gasteiger partial charge is 0.298 e. The fourth-order valence-electron chi connectivity index (χ4n) is 1.17. The molecule has 1 aromatic rings. The van der Waals surface area contributed by atoms with Crippen LogP contribution in [-0.2, 0) is 4.79 Å². The van der Waals surface area contributed by atoms with E-state index in [1.807, 2.05) is 25.1 Å². The lowest BCUT2D eigenvalue weighted by Crippen LogP contribution is -2.05. The molecule has 0 aromatic heterocycles. The fraction of sp³-hybridized carbons (Fsp3) is 0.300. The molecule has 1 nitrogen and oxygen atoms in total. The molecule has 70 valence electrons. The number of ketones is 1. The molecule has 0 spiro atoms. The number of Topliss-reactive ketones (excluding diaryl/α,β-unsaturated/α-hetero) is 1. The van der Waals surface area contributed by atoms with Crippen molar-refractivity contribution in [3.8, 4) is 0 Å². The van der Waals surface area contributed by atoms with Crippen LogP contribution in [0.2, 0.25) is 0 Å². The highest BCUT2D eigenvalue weighted by Gasteiger charge is 2.17. The first kappa shape index (κ1) is 11.0. The molecule has 1 atom stereocenters. The van der Waals surface area contributed by atoms with Gasteiger partial charge >= 0.3 is 0 Å². The number of hydrogen-bond acceptors (Lipinski definition) is 1. The van der Waals surface area contributed by atoms with Gasteiger partial charge in [-0.1, -0.05) is 12.1 Å². The maximum Gasteiger partial charge on any atom is 0.152 e. The number of aryl methyl sites for hydroxylation is 1. The van der Waals surface area contributed by atoms with E-state index in [1.54, 1.807) is 0 Å². The molecule has 0 N–H and O–H groups in total. The second kappa shape index (κ2) is 4.42. The van der Waals surface area contributed by atoms with Gasteiger partial charge in [0.2, 0.25) is 0 Å². The van der Waals surface area contributed by atoms with Gasteiger partial charge in [-0.15, -0.1) is 11.6 Å². The summed E-state index contributed by atoms with van der Waals surface area (Å²) < 4.78 is 1.05. The summed E-state index contributed by atoms with van der Waals surface area (Å²) in [6.07, 6.45) is 0. The maximum absolute atomic E-state index is 11.1. The molecular formula is C10H10ClIO. The van der Waals surface area contributed by atoms with E-state index in [-0.39, 0.29) is 5.78 Å². The van der Waals surface area contributed by atoms with Crippen molar-refractivity contribution in [3.05, 3.63) is 32.9 Å². The highest BCUT2D eigenvalue weighted by Crippen LogP contribution is 2.28. The monoisotopic (exact) mass is 308 g/mol. The molecular weight excluding hydrogens is 298 g/mol. The van der Waals surface area contributed by atoms with Crippen LogP contribution in [0, 0.1) is 10.5 Å². The quantitative estimate of drug-likeness (QED) is 0.604. The molecule has 0 saturated carbocycles. The van der Waals surface area contributed by atoms with Gasteiger partial charge in [-0.2, -0.15) is 0 Å². The Kier molecular flexibility index (Phi) is 3.74. The minimum Gasteiger partial charge on any atom is -0.298 e. The summed E-state index contributed by atoms with van der Waals surface area (Å²) in [7, 11) is 0. The molecule has 0 amide bonds. The van der Waals surface area contributed by atoms with E-state index in [4.69, 9.17) is 11.6 Å². The molecule has 0 fully saturated rings. The molecule has 1 unspecified atom stereocenters. The van der Waals surface area contributed by atoms with Gasteiger partial charge < -0.3 is 0 Å². The topological polar surface area (TPSA) is 17.1 Å². The second-order valence-electron chi connectivity index (χ2n) is 2.94. The molecule has 1 rings (SSSR count). The van der Waals surface area contributed by atoms with Gasteiger partial charge in [0.15, 0.2) is 5.78 Å². The summed E-state index contributed by atoms with van der Waals surface area (Å²) in [4.78, 5) is 11.1. The van der Waals surface area contributed by atoms with E-state index in [2.05, 4.69) is 22.6 Å². The van der Waals surface area contributed by atoms with Crippen molar-refractivity contribution in [2.45, 2.75) is 19.2 Å². The predicted octanol–water partition coefficient (Wildman–Crippen LogP) is 3.47. The van der Waals surface area contributed by atoms with E-state index >= 15 is 0 Å². The van der Waals surface area contributed by atoms with Gasteiger partial charge in [0.05, 0.1) is 0 Å². The summed E-state index contributed by atoms with van der Waals surface area (Å²) in [5.41, 5.74) is 2.01. The van der Waals surface area contributed by atoms with Crippen LogP contribution in [0.5, 0.6) is 0 Å². The standard InChI is InChI=1S/C10H10ClIO/c1-6-4-3-5-8(12)9(6)10(11)7(2)13/h3-5,10H,1-2H3. The molecule has 1 aromatic carbocycles. The number of carbonyl (C=O) groups excluding carboxylic acids is 1. The zero-order valence-corrected chi connectivity index (χ0v) is 10.4. The Morgan fingerprint density at radius 1 is 1.54 bits per heavy atom. The van der Waals surface area contributed by atoms with Crippen molar-refractivity contribution >= 4 is 40.0 Å². The van der Waals surface area contributed by atoms with Crippen LogP contribution in [0.1, 0.15) is 23.4 Å². The lowest BCUT2D eigenvalue weighted by Gasteiger charge is -2.11. The van der Waals surface area contributed by atoms with Gasteiger partial charge in [-0.25, -0.2) is 0 Å². The molecule has 3 heteroatoms. The second-order valence-corrected chi connectivity index (χ2v) is 4.54. The van der Waals surface area contributed by atoms with Crippen molar-refractivity contribution in [2.24, 2.45) is 0 Å². The third kappa shape index (κ3) is 2.44. The number of hydrogen-bond donors (Lipinski definition) is 0. The summed E-state index contributed by atoms with van der Waals surface area (Å²) in [5.74, 6) is -0.00566. The third-order valence-electron chi connectivity index (χ3n) is 1.88. The number of benzene rings is 1. The van der Waals surface area contributed by atoms with E-state index in [9.17, 15) is 4.79 Å². The number of rotatable bonds is 2. The van der Waals surface area contributed by atoms with Crippen molar-refractivity contribution in [2.75, 3.05) is 0 Å². The lowest BCUT2D eigenvalue weighted by atomic mass is 10.0. The van der Waals surface area contributed by atoms with Crippen molar-refractivity contribution in [1.29, 1.82) is 0 Å². The molecule has 0 bridgehead atoms. The van der Waals surface area contributed by atoms with Crippen LogP contribution in [0.15, 0.2) is 18.2 Å². The Bertz CT molecular complexity index is 315. The average Bonchev–Trinajstić information content (AvgIpc) is 2.03. The summed E-state index contributed by atoms with van der Waals surface area (Å²) in [5, 5.41) is -0.506. The van der Waals surface area contributed by atoms with Gasteiger partial charge in [0, 0.05) is 3.57 Å². The van der Waals surface area contributed by atoms with E-state index in [1.165, 1.54) is 6.92 Å². The Hall–Kier alpha value is -0.0900. The van der Waals surface area contributed by atoms with E-state index in [0.717, 1.165) is 14.7 Å². The summed E-state index contributed by atoms with van der Waals surface area (Å²) in [6.45, 7) is 3.48. The minimum absolute atomic E-state index is 0.00566. The van der Waals surface area contributed by atoms with Gasteiger partial charge in [0.25, 0.3) is 0 Å². The summed E-state index contributed by atoms with van der Waals surface area (Å²) in [6, 6.07) is 5.89. The number of alkyl halides is 1. The van der Waals surface area contributed by atoms with E-state index < -0.39 is 5.38 Å². The van der Waals surface area contributed by atoms with Gasteiger partial charge in [-0.3, -0.25) is 4.79 Å².